The van der Waals surface area contributed by atoms with Crippen LogP contribution in [-0.4, -0.2) is 32.6 Å². The highest BCUT2D eigenvalue weighted by Crippen LogP contribution is 1.81. The van der Waals surface area contributed by atoms with Crippen LogP contribution in [0, 0.1) is 0 Å². The number of ether oxygens (including phenoxy) is 1. The largest absolute Gasteiger partial charge is 0.372 e. The minimum atomic E-state index is 0.163. The highest BCUT2D eigenvalue weighted by Gasteiger charge is 1.95. The van der Waals surface area contributed by atoms with Gasteiger partial charge in [-0.1, -0.05) is 34.6 Å². The molecule has 0 rings (SSSR count). The number of carbonyl (C=O) groups is 1. The second-order valence-electron chi connectivity index (χ2n) is 2.05. The van der Waals surface area contributed by atoms with E-state index in [2.05, 4.69) is 5.32 Å². The Hall–Kier alpha value is -0.410. The molecule has 0 aromatic rings. The van der Waals surface area contributed by atoms with Crippen LogP contribution in [0.2, 0.25) is 0 Å². The van der Waals surface area contributed by atoms with E-state index in [1.807, 2.05) is 41.7 Å². The topological polar surface area (TPSA) is 38.3 Å². The van der Waals surface area contributed by atoms with Crippen LogP contribution < -0.4 is 5.32 Å². The highest BCUT2D eigenvalue weighted by atomic mass is 16.5. The summed E-state index contributed by atoms with van der Waals surface area (Å²) in [4.78, 5) is 10.6. The Labute approximate surface area is 89.2 Å². The van der Waals surface area contributed by atoms with Crippen LogP contribution in [0.25, 0.3) is 0 Å². The minimum absolute atomic E-state index is 0.163. The number of likely N-dealkylation sites (N-methyl/N-ethyl adjacent to an activating group) is 1. The van der Waals surface area contributed by atoms with E-state index >= 15 is 0 Å². The van der Waals surface area contributed by atoms with E-state index in [0.717, 1.165) is 6.54 Å². The molecule has 1 N–H and O–H groups in total. The predicted molar refractivity (Wildman–Crippen MR) is 62.7 cm³/mol. The summed E-state index contributed by atoms with van der Waals surface area (Å²) >= 11 is 0. The lowest BCUT2D eigenvalue weighted by Gasteiger charge is -2.00. The monoisotopic (exact) mass is 205 g/mol. The average Bonchev–Trinajstić information content (AvgIpc) is 2.29. The van der Waals surface area contributed by atoms with Crippen molar-refractivity contribution in [1.82, 2.24) is 5.32 Å². The number of carbonyl (C=O) groups excluding carboxylic acids is 1. The predicted octanol–water partition coefficient (Wildman–Crippen LogP) is 2.25. The molecule has 0 aromatic heterocycles. The summed E-state index contributed by atoms with van der Waals surface area (Å²) in [7, 11) is 1.85. The maximum absolute atomic E-state index is 10.6. The molecule has 3 heteroatoms. The summed E-state index contributed by atoms with van der Waals surface area (Å²) in [6.07, 6.45) is 0.569. The number of hydrogen-bond acceptors (Lipinski definition) is 3. The zero-order valence-electron chi connectivity index (χ0n) is 10.6. The second kappa shape index (κ2) is 22.9. The van der Waals surface area contributed by atoms with Gasteiger partial charge in [-0.3, -0.25) is 4.79 Å². The van der Waals surface area contributed by atoms with Crippen molar-refractivity contribution >= 4 is 5.78 Å². The molecular weight excluding hydrogens is 178 g/mol. The van der Waals surface area contributed by atoms with Gasteiger partial charge in [0.25, 0.3) is 0 Å². The van der Waals surface area contributed by atoms with Crippen LogP contribution in [0.4, 0.5) is 0 Å². The molecule has 0 aliphatic heterocycles. The molecule has 0 saturated carbocycles. The third kappa shape index (κ3) is 22.6. The van der Waals surface area contributed by atoms with E-state index in [9.17, 15) is 4.79 Å². The van der Waals surface area contributed by atoms with Crippen LogP contribution in [0.3, 0.4) is 0 Å². The maximum atomic E-state index is 10.6. The molecule has 0 atom stereocenters. The van der Waals surface area contributed by atoms with Gasteiger partial charge in [-0.05, 0) is 7.05 Å². The first-order valence-electron chi connectivity index (χ1n) is 5.55. The van der Waals surface area contributed by atoms with Gasteiger partial charge in [-0.15, -0.1) is 0 Å². The third-order valence-electron chi connectivity index (χ3n) is 1.15. The summed E-state index contributed by atoms with van der Waals surface area (Å²) in [6.45, 7) is 11.5. The molecule has 0 fully saturated rings. The molecule has 0 aliphatic carbocycles. The fourth-order valence-corrected chi connectivity index (χ4v) is 0.462. The van der Waals surface area contributed by atoms with Crippen molar-refractivity contribution in [3.8, 4) is 0 Å². The van der Waals surface area contributed by atoms with Crippen LogP contribution in [0.15, 0.2) is 0 Å². The highest BCUT2D eigenvalue weighted by molar-refractivity contribution is 5.79. The Bertz CT molecular complexity index is 95.3. The van der Waals surface area contributed by atoms with Crippen molar-refractivity contribution in [3.63, 3.8) is 0 Å². The van der Waals surface area contributed by atoms with Crippen molar-refractivity contribution in [2.45, 2.75) is 41.0 Å². The number of hydrogen-bond donors (Lipinski definition) is 1. The fraction of sp³-hybridized carbons (Fsp3) is 0.909. The first-order chi connectivity index (χ1) is 6.81. The Morgan fingerprint density at radius 2 is 1.71 bits per heavy atom. The van der Waals surface area contributed by atoms with Gasteiger partial charge in [0.05, 0.1) is 6.61 Å². The van der Waals surface area contributed by atoms with Gasteiger partial charge in [0, 0.05) is 13.0 Å². The van der Waals surface area contributed by atoms with Crippen molar-refractivity contribution in [2.75, 3.05) is 26.8 Å². The van der Waals surface area contributed by atoms with E-state index < -0.39 is 0 Å². The number of nitrogens with one attached hydrogen (secondary N) is 1. The Balaban J connectivity index is -0.000000266. The Kier molecular flexibility index (Phi) is 31.4. The van der Waals surface area contributed by atoms with Gasteiger partial charge in [0.1, 0.15) is 6.61 Å². The van der Waals surface area contributed by atoms with Crippen LogP contribution in [-0.2, 0) is 9.53 Å². The van der Waals surface area contributed by atoms with E-state index in [0.29, 0.717) is 13.0 Å². The van der Waals surface area contributed by atoms with E-state index in [1.165, 1.54) is 0 Å². The quantitative estimate of drug-likeness (QED) is 0.676. The van der Waals surface area contributed by atoms with Gasteiger partial charge >= 0.3 is 0 Å². The van der Waals surface area contributed by atoms with Crippen molar-refractivity contribution in [1.29, 1.82) is 0 Å². The molecule has 0 aromatic carbocycles. The molecule has 0 radical (unpaired) electrons. The molecule has 14 heavy (non-hydrogen) atoms. The van der Waals surface area contributed by atoms with Crippen molar-refractivity contribution in [2.24, 2.45) is 0 Å². The van der Waals surface area contributed by atoms with Crippen molar-refractivity contribution in [3.05, 3.63) is 0 Å². The summed E-state index contributed by atoms with van der Waals surface area (Å²) in [5.74, 6) is 0.163. The summed E-state index contributed by atoms with van der Waals surface area (Å²) in [5, 5.41) is 2.92. The molecule has 0 bridgehead atoms. The normalized spacial score (nSPS) is 7.86. The smallest absolute Gasteiger partial charge is 0.158 e. The maximum Gasteiger partial charge on any atom is 0.158 e. The van der Waals surface area contributed by atoms with Crippen LogP contribution in [0.5, 0.6) is 0 Å². The van der Waals surface area contributed by atoms with Crippen LogP contribution in [0.1, 0.15) is 41.0 Å². The molecule has 0 aliphatic rings. The number of rotatable bonds is 6. The van der Waals surface area contributed by atoms with Crippen LogP contribution >= 0.6 is 0 Å². The molecule has 0 spiro atoms. The van der Waals surface area contributed by atoms with Gasteiger partial charge in [0.2, 0.25) is 0 Å². The van der Waals surface area contributed by atoms with E-state index in [4.69, 9.17) is 4.74 Å². The first-order valence-corrected chi connectivity index (χ1v) is 5.55. The third-order valence-corrected chi connectivity index (χ3v) is 1.15. The molecular formula is C11H27NO2. The van der Waals surface area contributed by atoms with Gasteiger partial charge in [-0.2, -0.15) is 0 Å². The lowest BCUT2D eigenvalue weighted by molar-refractivity contribution is -0.123. The molecule has 3 nitrogen and oxygen atoms in total. The van der Waals surface area contributed by atoms with E-state index in [1.54, 1.807) is 0 Å². The first kappa shape index (κ1) is 19.2. The number of ketones is 1. The second-order valence-corrected chi connectivity index (χ2v) is 2.05. The standard InChI is InChI=1S/C7H15NO2.2C2H6/c1-3-7(9)6-10-5-4-8-2;2*1-2/h8H,3-6H2,1-2H3;2*1-2H3. The summed E-state index contributed by atoms with van der Waals surface area (Å²) < 4.78 is 5.01. The fourth-order valence-electron chi connectivity index (χ4n) is 0.462. The SMILES string of the molecule is CC.CC.CCC(=O)COCCNC. The molecule has 88 valence electrons. The minimum Gasteiger partial charge on any atom is -0.372 e. The lowest BCUT2D eigenvalue weighted by Crippen LogP contribution is -2.17. The average molecular weight is 205 g/mol. The molecule has 0 saturated heterocycles. The zero-order chi connectivity index (χ0) is 11.8. The summed E-state index contributed by atoms with van der Waals surface area (Å²) in [6, 6.07) is 0. The molecule has 0 unspecified atom stereocenters. The zero-order valence-corrected chi connectivity index (χ0v) is 10.6. The molecule has 0 heterocycles. The Morgan fingerprint density at radius 3 is 2.07 bits per heavy atom. The molecule has 0 amide bonds. The van der Waals surface area contributed by atoms with Gasteiger partial charge < -0.3 is 10.1 Å². The lowest BCUT2D eigenvalue weighted by atomic mass is 10.3. The van der Waals surface area contributed by atoms with Gasteiger partial charge in [-0.25, -0.2) is 0 Å². The summed E-state index contributed by atoms with van der Waals surface area (Å²) in [5.41, 5.74) is 0. The van der Waals surface area contributed by atoms with E-state index in [-0.39, 0.29) is 12.4 Å². The number of Topliss-reactive ketones (excluding diaryl/α,β-unsaturated/α-hetero) is 1. The van der Waals surface area contributed by atoms with Crippen molar-refractivity contribution < 1.29 is 9.53 Å². The Morgan fingerprint density at radius 1 is 1.21 bits per heavy atom. The van der Waals surface area contributed by atoms with Gasteiger partial charge in [0.15, 0.2) is 5.78 Å².